The third-order valence-corrected chi connectivity index (χ3v) is 5.72. The minimum Gasteiger partial charge on any atom is -0.508 e. The molecule has 6 N–H and O–H groups in total. The lowest BCUT2D eigenvalue weighted by atomic mass is 9.87. The van der Waals surface area contributed by atoms with Gasteiger partial charge in [0, 0.05) is 11.3 Å². The van der Waals surface area contributed by atoms with Crippen molar-refractivity contribution in [2.45, 2.75) is 37.8 Å². The molecule has 1 aromatic heterocycles. The number of aromatic amines is 1. The molecule has 8 nitrogen and oxygen atoms in total. The van der Waals surface area contributed by atoms with Crippen LogP contribution in [0.5, 0.6) is 5.75 Å². The van der Waals surface area contributed by atoms with Gasteiger partial charge in [0.1, 0.15) is 17.2 Å². The summed E-state index contributed by atoms with van der Waals surface area (Å²) in [5.74, 6) is 1.59. The number of nitrogens with zero attached hydrogens (tertiary/aromatic N) is 4. The second-order valence-corrected chi connectivity index (χ2v) is 7.65. The summed E-state index contributed by atoms with van der Waals surface area (Å²) < 4.78 is 0. The Morgan fingerprint density at radius 2 is 1.76 bits per heavy atom. The van der Waals surface area contributed by atoms with E-state index in [2.05, 4.69) is 15.0 Å². The largest absolute Gasteiger partial charge is 0.508 e. The van der Waals surface area contributed by atoms with Crippen molar-refractivity contribution in [1.82, 2.24) is 9.97 Å². The lowest BCUT2D eigenvalue weighted by Gasteiger charge is -2.45. The standard InChI is InChI=1S/C21H23N7O/c22-19-26-20(23)28(21(27-19)10-2-1-3-11-21)14-6-9-16-17(12-14)25-18(24-16)13-4-7-15(29)8-5-13/h4-9,12,29H,1-3,10-11H2,(H,24,25)(H4,22,23,26,27). The number of H-pyrrole nitrogens is 1. The molecule has 2 heterocycles. The quantitative estimate of drug-likeness (QED) is 0.535. The summed E-state index contributed by atoms with van der Waals surface area (Å²) >= 11 is 0. The van der Waals surface area contributed by atoms with Crippen LogP contribution in [0.3, 0.4) is 0 Å². The third kappa shape index (κ3) is 2.97. The number of anilines is 1. The molecule has 0 radical (unpaired) electrons. The molecule has 1 aliphatic carbocycles. The molecule has 148 valence electrons. The molecule has 3 aromatic rings. The molecule has 0 amide bonds. The smallest absolute Gasteiger partial charge is 0.220 e. The average molecular weight is 389 g/mol. The van der Waals surface area contributed by atoms with Gasteiger partial charge in [0.15, 0.2) is 0 Å². The zero-order valence-corrected chi connectivity index (χ0v) is 16.0. The summed E-state index contributed by atoms with van der Waals surface area (Å²) in [6, 6.07) is 13.0. The fourth-order valence-electron chi connectivity index (χ4n) is 4.39. The van der Waals surface area contributed by atoms with Crippen molar-refractivity contribution in [2.24, 2.45) is 21.5 Å². The Labute approximate surface area is 168 Å². The van der Waals surface area contributed by atoms with Crippen LogP contribution in [-0.2, 0) is 0 Å². The summed E-state index contributed by atoms with van der Waals surface area (Å²) in [6.07, 6.45) is 5.14. The maximum atomic E-state index is 9.51. The summed E-state index contributed by atoms with van der Waals surface area (Å²) in [6.45, 7) is 0. The van der Waals surface area contributed by atoms with E-state index >= 15 is 0 Å². The maximum Gasteiger partial charge on any atom is 0.220 e. The van der Waals surface area contributed by atoms with Crippen molar-refractivity contribution in [3.63, 3.8) is 0 Å². The molecule has 8 heteroatoms. The average Bonchev–Trinajstić information content (AvgIpc) is 3.12. The highest BCUT2D eigenvalue weighted by Gasteiger charge is 2.42. The molecule has 0 saturated heterocycles. The number of hydrogen-bond donors (Lipinski definition) is 4. The van der Waals surface area contributed by atoms with Crippen LogP contribution in [-0.4, -0.2) is 32.7 Å². The zero-order valence-electron chi connectivity index (χ0n) is 16.0. The van der Waals surface area contributed by atoms with Crippen LogP contribution < -0.4 is 16.4 Å². The van der Waals surface area contributed by atoms with Crippen molar-refractivity contribution in [3.05, 3.63) is 42.5 Å². The zero-order chi connectivity index (χ0) is 20.0. The van der Waals surface area contributed by atoms with Crippen LogP contribution in [0.25, 0.3) is 22.4 Å². The lowest BCUT2D eigenvalue weighted by molar-refractivity contribution is 0.305. The summed E-state index contributed by atoms with van der Waals surface area (Å²) in [4.78, 5) is 19.0. The number of aliphatic imine (C=N–C) groups is 2. The number of hydrogen-bond acceptors (Lipinski definition) is 7. The highest BCUT2D eigenvalue weighted by Crippen LogP contribution is 2.40. The molecule has 1 saturated carbocycles. The predicted molar refractivity (Wildman–Crippen MR) is 115 cm³/mol. The fourth-order valence-corrected chi connectivity index (χ4v) is 4.39. The number of aromatic hydroxyl groups is 1. The molecule has 29 heavy (non-hydrogen) atoms. The monoisotopic (exact) mass is 389 g/mol. The van der Waals surface area contributed by atoms with Gasteiger partial charge in [0.2, 0.25) is 11.9 Å². The number of fused-ring (bicyclic) bond motifs is 1. The molecule has 0 atom stereocenters. The van der Waals surface area contributed by atoms with E-state index in [4.69, 9.17) is 16.5 Å². The van der Waals surface area contributed by atoms with Crippen LogP contribution in [0.4, 0.5) is 5.69 Å². The number of rotatable bonds is 2. The summed E-state index contributed by atoms with van der Waals surface area (Å²) in [5, 5.41) is 9.51. The maximum absolute atomic E-state index is 9.51. The lowest BCUT2D eigenvalue weighted by Crippen LogP contribution is -2.58. The van der Waals surface area contributed by atoms with E-state index < -0.39 is 5.66 Å². The molecule has 0 unspecified atom stereocenters. The van der Waals surface area contributed by atoms with Gasteiger partial charge in [-0.2, -0.15) is 4.99 Å². The Balaban J connectivity index is 1.57. The van der Waals surface area contributed by atoms with Gasteiger partial charge in [-0.1, -0.05) is 6.42 Å². The second-order valence-electron chi connectivity index (χ2n) is 7.65. The Morgan fingerprint density at radius 1 is 1.00 bits per heavy atom. The third-order valence-electron chi connectivity index (χ3n) is 5.72. The van der Waals surface area contributed by atoms with Crippen LogP contribution in [0.2, 0.25) is 0 Å². The number of phenols is 1. The Morgan fingerprint density at radius 3 is 2.52 bits per heavy atom. The van der Waals surface area contributed by atoms with E-state index in [1.54, 1.807) is 12.1 Å². The Kier molecular flexibility index (Phi) is 3.94. The van der Waals surface area contributed by atoms with E-state index in [-0.39, 0.29) is 11.7 Å². The molecular formula is C21H23N7O. The van der Waals surface area contributed by atoms with Gasteiger partial charge in [0.05, 0.1) is 11.0 Å². The van der Waals surface area contributed by atoms with E-state index in [1.165, 1.54) is 6.42 Å². The van der Waals surface area contributed by atoms with Gasteiger partial charge in [-0.05, 0) is 68.1 Å². The van der Waals surface area contributed by atoms with Gasteiger partial charge in [-0.3, -0.25) is 4.90 Å². The first-order valence-corrected chi connectivity index (χ1v) is 9.83. The normalized spacial score (nSPS) is 18.7. The van der Waals surface area contributed by atoms with Gasteiger partial charge in [-0.25, -0.2) is 9.98 Å². The number of imidazole rings is 1. The molecule has 2 aliphatic rings. The minimum atomic E-state index is -0.471. The topological polar surface area (TPSA) is 129 Å². The van der Waals surface area contributed by atoms with E-state index in [0.29, 0.717) is 5.96 Å². The number of aromatic nitrogens is 2. The fraction of sp³-hybridized carbons (Fsp3) is 0.286. The highest BCUT2D eigenvalue weighted by atomic mass is 16.3. The molecule has 1 aliphatic heterocycles. The minimum absolute atomic E-state index is 0.226. The van der Waals surface area contributed by atoms with E-state index in [1.807, 2.05) is 35.2 Å². The number of nitrogens with one attached hydrogen (secondary N) is 1. The van der Waals surface area contributed by atoms with Crippen molar-refractivity contribution in [1.29, 1.82) is 0 Å². The molecule has 1 spiro atoms. The molecule has 0 bridgehead atoms. The molecule has 2 aromatic carbocycles. The number of benzene rings is 2. The molecular weight excluding hydrogens is 366 g/mol. The van der Waals surface area contributed by atoms with Gasteiger partial charge >= 0.3 is 0 Å². The molecule has 1 fully saturated rings. The highest BCUT2D eigenvalue weighted by molar-refractivity contribution is 6.06. The molecule has 5 rings (SSSR count). The Bertz CT molecular complexity index is 1120. The van der Waals surface area contributed by atoms with Crippen molar-refractivity contribution in [3.8, 4) is 17.1 Å². The number of phenolic OH excluding ortho intramolecular Hbond substituents is 1. The van der Waals surface area contributed by atoms with Crippen LogP contribution in [0, 0.1) is 0 Å². The first kappa shape index (κ1) is 17.5. The SMILES string of the molecule is NC1=NC2(CCCCC2)N(c2ccc3nc(-c4ccc(O)cc4)[nH]c3c2)C(N)=N1. The van der Waals surface area contributed by atoms with Crippen molar-refractivity contribution >= 4 is 28.6 Å². The van der Waals surface area contributed by atoms with Crippen molar-refractivity contribution in [2.75, 3.05) is 4.90 Å². The van der Waals surface area contributed by atoms with Crippen molar-refractivity contribution < 1.29 is 5.11 Å². The van der Waals surface area contributed by atoms with Gasteiger partial charge < -0.3 is 21.6 Å². The first-order valence-electron chi connectivity index (χ1n) is 9.83. The second kappa shape index (κ2) is 6.51. The van der Waals surface area contributed by atoms with Crippen LogP contribution in [0.15, 0.2) is 52.4 Å². The number of nitrogens with two attached hydrogens (primary N) is 2. The van der Waals surface area contributed by atoms with E-state index in [9.17, 15) is 5.11 Å². The predicted octanol–water partition coefficient (Wildman–Crippen LogP) is 3.05. The van der Waals surface area contributed by atoms with E-state index in [0.717, 1.165) is 53.8 Å². The van der Waals surface area contributed by atoms with Crippen LogP contribution in [0.1, 0.15) is 32.1 Å². The first-order chi connectivity index (χ1) is 14.0. The number of guanidine groups is 2. The summed E-state index contributed by atoms with van der Waals surface area (Å²) in [5.41, 5.74) is 15.4. The van der Waals surface area contributed by atoms with Gasteiger partial charge in [-0.15, -0.1) is 0 Å². The van der Waals surface area contributed by atoms with Crippen LogP contribution >= 0.6 is 0 Å². The summed E-state index contributed by atoms with van der Waals surface area (Å²) in [7, 11) is 0. The van der Waals surface area contributed by atoms with Gasteiger partial charge in [0.25, 0.3) is 0 Å². The Hall–Kier alpha value is -3.55.